The second-order valence-corrected chi connectivity index (χ2v) is 6.54. The topological polar surface area (TPSA) is 52.5 Å². The maximum absolute atomic E-state index is 9.60. The molecule has 0 aliphatic carbocycles. The van der Waals surface area contributed by atoms with E-state index in [0.29, 0.717) is 12.0 Å². The molecule has 3 rings (SSSR count). The van der Waals surface area contributed by atoms with Crippen molar-refractivity contribution in [1.82, 2.24) is 5.32 Å². The first-order valence-corrected chi connectivity index (χ1v) is 8.94. The van der Waals surface area contributed by atoms with Crippen LogP contribution in [-0.2, 0) is 6.54 Å². The predicted molar refractivity (Wildman–Crippen MR) is 107 cm³/mol. The molecule has 0 saturated heterocycles. The van der Waals surface area contributed by atoms with Crippen molar-refractivity contribution in [2.75, 3.05) is 0 Å². The van der Waals surface area contributed by atoms with E-state index >= 15 is 0 Å². The van der Waals surface area contributed by atoms with Crippen LogP contribution in [-0.4, -0.2) is 17.2 Å². The largest absolute Gasteiger partial charge is 0.488 e. The van der Waals surface area contributed by atoms with Crippen LogP contribution in [0.2, 0.25) is 0 Å². The molecule has 0 unspecified atom stereocenters. The van der Waals surface area contributed by atoms with E-state index < -0.39 is 7.12 Å². The Kier molecular flexibility index (Phi) is 6.23. The van der Waals surface area contributed by atoms with E-state index in [1.807, 2.05) is 42.5 Å². The smallest absolute Gasteiger partial charge is 0.423 e. The van der Waals surface area contributed by atoms with Gasteiger partial charge in [-0.3, -0.25) is 0 Å². The Labute approximate surface area is 155 Å². The van der Waals surface area contributed by atoms with Crippen molar-refractivity contribution in [1.29, 1.82) is 0 Å². The molecule has 0 saturated carbocycles. The number of nitrogens with one attached hydrogen (secondary N) is 1. The molecule has 0 aromatic heterocycles. The molecule has 0 amide bonds. The summed E-state index contributed by atoms with van der Waals surface area (Å²) in [6, 6.07) is 28.3. The first-order valence-electron chi connectivity index (χ1n) is 8.94. The monoisotopic (exact) mass is 345 g/mol. The normalized spacial score (nSPS) is 13.2. The Morgan fingerprint density at radius 3 is 1.92 bits per heavy atom. The third-order valence-electron chi connectivity index (χ3n) is 4.83. The molecule has 0 radical (unpaired) electrons. The van der Waals surface area contributed by atoms with Gasteiger partial charge in [-0.25, -0.2) is 0 Å². The number of hydrogen-bond donors (Lipinski definition) is 3. The van der Waals surface area contributed by atoms with Gasteiger partial charge in [-0.2, -0.15) is 0 Å². The summed E-state index contributed by atoms with van der Waals surface area (Å²) >= 11 is 0. The van der Waals surface area contributed by atoms with Crippen LogP contribution >= 0.6 is 0 Å². The summed E-state index contributed by atoms with van der Waals surface area (Å²) in [5, 5.41) is 22.8. The summed E-state index contributed by atoms with van der Waals surface area (Å²) in [7, 11) is -1.46. The summed E-state index contributed by atoms with van der Waals surface area (Å²) in [6.45, 7) is 2.78. The van der Waals surface area contributed by atoms with E-state index in [1.54, 1.807) is 6.07 Å². The molecule has 4 heteroatoms. The summed E-state index contributed by atoms with van der Waals surface area (Å²) in [6.07, 6.45) is 0. The Morgan fingerprint density at radius 1 is 0.769 bits per heavy atom. The molecule has 132 valence electrons. The molecule has 2 atom stereocenters. The van der Waals surface area contributed by atoms with Gasteiger partial charge in [0.15, 0.2) is 0 Å². The molecule has 0 heterocycles. The second-order valence-electron chi connectivity index (χ2n) is 6.54. The molecule has 0 aliphatic heterocycles. The number of hydrogen-bond acceptors (Lipinski definition) is 3. The van der Waals surface area contributed by atoms with Crippen LogP contribution in [0.3, 0.4) is 0 Å². The lowest BCUT2D eigenvalue weighted by molar-refractivity contribution is 0.424. The van der Waals surface area contributed by atoms with Crippen LogP contribution in [0.5, 0.6) is 0 Å². The summed E-state index contributed by atoms with van der Waals surface area (Å²) in [5.41, 5.74) is 3.91. The minimum absolute atomic E-state index is 0.113. The number of rotatable bonds is 7. The maximum atomic E-state index is 9.60. The summed E-state index contributed by atoms with van der Waals surface area (Å²) < 4.78 is 0. The lowest BCUT2D eigenvalue weighted by Gasteiger charge is -2.27. The van der Waals surface area contributed by atoms with E-state index in [-0.39, 0.29) is 12.0 Å². The van der Waals surface area contributed by atoms with Crippen LogP contribution in [0, 0.1) is 0 Å². The van der Waals surface area contributed by atoms with Gasteiger partial charge in [0.1, 0.15) is 0 Å². The molecular formula is C22H24BNO2. The maximum Gasteiger partial charge on any atom is 0.488 e. The molecule has 26 heavy (non-hydrogen) atoms. The molecule has 3 N–H and O–H groups in total. The van der Waals surface area contributed by atoms with E-state index in [9.17, 15) is 10.0 Å². The molecule has 0 fully saturated rings. The van der Waals surface area contributed by atoms with Crippen molar-refractivity contribution in [3.8, 4) is 0 Å². The van der Waals surface area contributed by atoms with Gasteiger partial charge < -0.3 is 15.4 Å². The minimum Gasteiger partial charge on any atom is -0.423 e. The standard InChI is InChI=1S/C22H24BNO2/c1-17(18-10-4-2-5-11-18)22(19-12-6-3-7-13-19)24-16-20-14-8-9-15-21(20)23(25)26/h2-15,17,22,24-26H,16H2,1H3/t17-,22+/m0/s1. The average Bonchev–Trinajstić information content (AvgIpc) is 2.69. The summed E-state index contributed by atoms with van der Waals surface area (Å²) in [4.78, 5) is 0. The molecule has 3 nitrogen and oxygen atoms in total. The number of benzene rings is 3. The van der Waals surface area contributed by atoms with Crippen molar-refractivity contribution in [2.24, 2.45) is 0 Å². The van der Waals surface area contributed by atoms with Gasteiger partial charge >= 0.3 is 7.12 Å². The van der Waals surface area contributed by atoms with Crippen molar-refractivity contribution in [3.63, 3.8) is 0 Å². The van der Waals surface area contributed by atoms with E-state index in [0.717, 1.165) is 5.56 Å². The highest BCUT2D eigenvalue weighted by molar-refractivity contribution is 6.59. The van der Waals surface area contributed by atoms with Crippen molar-refractivity contribution in [2.45, 2.75) is 25.4 Å². The van der Waals surface area contributed by atoms with Gasteiger partial charge in [-0.05, 0) is 22.2 Å². The van der Waals surface area contributed by atoms with Crippen molar-refractivity contribution >= 4 is 12.6 Å². The third-order valence-corrected chi connectivity index (χ3v) is 4.83. The highest BCUT2D eigenvalue weighted by Gasteiger charge is 2.22. The first kappa shape index (κ1) is 18.4. The fourth-order valence-corrected chi connectivity index (χ4v) is 3.36. The van der Waals surface area contributed by atoms with Gasteiger partial charge in [-0.1, -0.05) is 91.9 Å². The second kappa shape index (κ2) is 8.81. The van der Waals surface area contributed by atoms with Gasteiger partial charge in [0.25, 0.3) is 0 Å². The van der Waals surface area contributed by atoms with Crippen LogP contribution in [0.1, 0.15) is 35.6 Å². The fraction of sp³-hybridized carbons (Fsp3) is 0.182. The summed E-state index contributed by atoms with van der Waals surface area (Å²) in [5.74, 6) is 0.268. The van der Waals surface area contributed by atoms with Crippen LogP contribution in [0.15, 0.2) is 84.9 Å². The van der Waals surface area contributed by atoms with E-state index in [4.69, 9.17) is 0 Å². The fourth-order valence-electron chi connectivity index (χ4n) is 3.36. The minimum atomic E-state index is -1.46. The zero-order valence-corrected chi connectivity index (χ0v) is 14.9. The molecule has 3 aromatic carbocycles. The molecular weight excluding hydrogens is 321 g/mol. The lowest BCUT2D eigenvalue weighted by atomic mass is 9.77. The Morgan fingerprint density at radius 2 is 1.31 bits per heavy atom. The molecule has 0 bridgehead atoms. The highest BCUT2D eigenvalue weighted by Crippen LogP contribution is 2.30. The van der Waals surface area contributed by atoms with Crippen LogP contribution in [0.25, 0.3) is 0 Å². The van der Waals surface area contributed by atoms with Gasteiger partial charge in [0, 0.05) is 18.5 Å². The lowest BCUT2D eigenvalue weighted by Crippen LogP contribution is -2.35. The zero-order valence-electron chi connectivity index (χ0n) is 14.9. The highest BCUT2D eigenvalue weighted by atomic mass is 16.4. The quantitative estimate of drug-likeness (QED) is 0.577. The van der Waals surface area contributed by atoms with Crippen molar-refractivity contribution < 1.29 is 10.0 Å². The predicted octanol–water partition coefficient (Wildman–Crippen LogP) is 3.00. The first-order chi connectivity index (χ1) is 12.7. The van der Waals surface area contributed by atoms with E-state index in [1.165, 1.54) is 11.1 Å². The SMILES string of the molecule is C[C@@H](c1ccccc1)[C@@H](NCc1ccccc1B(O)O)c1ccccc1. The average molecular weight is 345 g/mol. The van der Waals surface area contributed by atoms with Gasteiger partial charge in [-0.15, -0.1) is 0 Å². The Bertz CT molecular complexity index is 809. The van der Waals surface area contributed by atoms with Gasteiger partial charge in [0.05, 0.1) is 0 Å². The van der Waals surface area contributed by atoms with Gasteiger partial charge in [0.2, 0.25) is 0 Å². The Hall–Kier alpha value is -2.40. The van der Waals surface area contributed by atoms with E-state index in [2.05, 4.69) is 48.6 Å². The Balaban J connectivity index is 1.86. The molecule has 0 spiro atoms. The van der Waals surface area contributed by atoms with Crippen LogP contribution < -0.4 is 10.8 Å². The molecule has 0 aliphatic rings. The van der Waals surface area contributed by atoms with Crippen LogP contribution in [0.4, 0.5) is 0 Å². The third kappa shape index (κ3) is 4.41. The zero-order chi connectivity index (χ0) is 18.4. The molecule has 3 aromatic rings. The van der Waals surface area contributed by atoms with Crippen molar-refractivity contribution in [3.05, 3.63) is 102 Å².